The smallest absolute Gasteiger partial charge is 0.269 e. The summed E-state index contributed by atoms with van der Waals surface area (Å²) in [4.78, 5) is 23.7. The van der Waals surface area contributed by atoms with E-state index in [1.165, 1.54) is 0 Å². The van der Waals surface area contributed by atoms with Crippen molar-refractivity contribution in [2.24, 2.45) is 0 Å². The Hall–Kier alpha value is -2.53. The Morgan fingerprint density at radius 3 is 2.39 bits per heavy atom. The van der Waals surface area contributed by atoms with Crippen LogP contribution in [-0.4, -0.2) is 18.9 Å². The lowest BCUT2D eigenvalue weighted by molar-refractivity contribution is -0.121. The fraction of sp³-hybridized carbons (Fsp3) is 0.176. The third-order valence-electron chi connectivity index (χ3n) is 3.25. The van der Waals surface area contributed by atoms with Crippen LogP contribution in [-0.2, 0) is 11.2 Å². The number of aryl methyl sites for hydroxylation is 1. The van der Waals surface area contributed by atoms with Crippen LogP contribution >= 0.6 is 11.6 Å². The molecule has 0 aromatic heterocycles. The highest BCUT2D eigenvalue weighted by molar-refractivity contribution is 6.31. The second-order valence-electron chi connectivity index (χ2n) is 4.82. The molecule has 6 heteroatoms. The average Bonchev–Trinajstić information content (AvgIpc) is 2.59. The van der Waals surface area contributed by atoms with Crippen LogP contribution in [0.25, 0.3) is 0 Å². The van der Waals surface area contributed by atoms with Gasteiger partial charge in [-0.15, -0.1) is 0 Å². The van der Waals surface area contributed by atoms with Crippen molar-refractivity contribution in [3.63, 3.8) is 0 Å². The number of nitrogens with one attached hydrogen (secondary N) is 2. The standard InChI is InChI=1S/C17H17ClN2O3/c1-23-14-9-6-13(7-10-14)17(22)20-19-16(21)11-8-12-4-2-3-5-15(12)18/h2-7,9-10H,8,11H2,1H3,(H,19,21)(H,20,22). The Labute approximate surface area is 139 Å². The fourth-order valence-corrected chi connectivity index (χ4v) is 2.18. The maximum atomic E-state index is 11.9. The normalized spacial score (nSPS) is 10.0. The van der Waals surface area contributed by atoms with E-state index in [2.05, 4.69) is 10.9 Å². The monoisotopic (exact) mass is 332 g/mol. The summed E-state index contributed by atoms with van der Waals surface area (Å²) in [6, 6.07) is 13.9. The second-order valence-corrected chi connectivity index (χ2v) is 5.23. The first-order valence-electron chi connectivity index (χ1n) is 7.07. The molecule has 2 aromatic rings. The fourth-order valence-electron chi connectivity index (χ4n) is 1.95. The van der Waals surface area contributed by atoms with E-state index in [-0.39, 0.29) is 12.3 Å². The minimum atomic E-state index is -0.390. The maximum absolute atomic E-state index is 11.9. The highest BCUT2D eigenvalue weighted by atomic mass is 35.5. The molecule has 0 aliphatic rings. The van der Waals surface area contributed by atoms with Crippen molar-refractivity contribution < 1.29 is 14.3 Å². The zero-order chi connectivity index (χ0) is 16.7. The number of amides is 2. The van der Waals surface area contributed by atoms with E-state index in [0.29, 0.717) is 22.8 Å². The minimum Gasteiger partial charge on any atom is -0.497 e. The SMILES string of the molecule is COc1ccc(C(=O)NNC(=O)CCc2ccccc2Cl)cc1. The van der Waals surface area contributed by atoms with Crippen molar-refractivity contribution in [1.82, 2.24) is 10.9 Å². The molecular formula is C17H17ClN2O3. The van der Waals surface area contributed by atoms with Crippen molar-refractivity contribution in [2.75, 3.05) is 7.11 Å². The molecule has 0 bridgehead atoms. The molecule has 0 spiro atoms. The molecule has 0 unspecified atom stereocenters. The number of rotatable bonds is 5. The van der Waals surface area contributed by atoms with E-state index in [1.54, 1.807) is 37.4 Å². The van der Waals surface area contributed by atoms with Crippen LogP contribution in [0.15, 0.2) is 48.5 Å². The van der Waals surface area contributed by atoms with Gasteiger partial charge in [0.25, 0.3) is 5.91 Å². The van der Waals surface area contributed by atoms with Crippen LogP contribution in [0.5, 0.6) is 5.75 Å². The van der Waals surface area contributed by atoms with Gasteiger partial charge in [-0.25, -0.2) is 0 Å². The molecule has 0 saturated heterocycles. The van der Waals surface area contributed by atoms with Crippen LogP contribution in [0, 0.1) is 0 Å². The zero-order valence-electron chi connectivity index (χ0n) is 12.6. The second kappa shape index (κ2) is 8.19. The molecule has 0 fully saturated rings. The van der Waals surface area contributed by atoms with E-state index in [4.69, 9.17) is 16.3 Å². The van der Waals surface area contributed by atoms with Gasteiger partial charge in [0, 0.05) is 17.0 Å². The lowest BCUT2D eigenvalue weighted by Crippen LogP contribution is -2.41. The van der Waals surface area contributed by atoms with Gasteiger partial charge in [-0.05, 0) is 42.3 Å². The van der Waals surface area contributed by atoms with Gasteiger partial charge < -0.3 is 4.74 Å². The third kappa shape index (κ3) is 5.00. The number of methoxy groups -OCH3 is 1. The maximum Gasteiger partial charge on any atom is 0.269 e. The first-order chi connectivity index (χ1) is 11.1. The van der Waals surface area contributed by atoms with Crippen molar-refractivity contribution in [2.45, 2.75) is 12.8 Å². The molecule has 23 heavy (non-hydrogen) atoms. The molecule has 0 radical (unpaired) electrons. The van der Waals surface area contributed by atoms with Crippen LogP contribution in [0.3, 0.4) is 0 Å². The highest BCUT2D eigenvalue weighted by Gasteiger charge is 2.08. The topological polar surface area (TPSA) is 67.4 Å². The highest BCUT2D eigenvalue weighted by Crippen LogP contribution is 2.16. The van der Waals surface area contributed by atoms with E-state index in [9.17, 15) is 9.59 Å². The largest absolute Gasteiger partial charge is 0.497 e. The van der Waals surface area contributed by atoms with E-state index >= 15 is 0 Å². The van der Waals surface area contributed by atoms with Gasteiger partial charge in [0.1, 0.15) is 5.75 Å². The van der Waals surface area contributed by atoms with E-state index in [0.717, 1.165) is 5.56 Å². The average molecular weight is 333 g/mol. The van der Waals surface area contributed by atoms with Crippen LogP contribution in [0.2, 0.25) is 5.02 Å². The Kier molecular flexibility index (Phi) is 6.00. The summed E-state index contributed by atoms with van der Waals surface area (Å²) in [5.74, 6) is -0.0177. The molecule has 0 aliphatic carbocycles. The predicted molar refractivity (Wildman–Crippen MR) is 88.4 cm³/mol. The molecule has 0 heterocycles. The van der Waals surface area contributed by atoms with Crippen LogP contribution in [0.4, 0.5) is 0 Å². The number of hydrazine groups is 1. The van der Waals surface area contributed by atoms with Gasteiger partial charge >= 0.3 is 0 Å². The molecule has 2 N–H and O–H groups in total. The summed E-state index contributed by atoms with van der Waals surface area (Å²) in [5.41, 5.74) is 6.08. The molecule has 2 amide bonds. The first-order valence-corrected chi connectivity index (χ1v) is 7.44. The Morgan fingerprint density at radius 1 is 1.04 bits per heavy atom. The molecule has 0 atom stereocenters. The minimum absolute atomic E-state index is 0.229. The quantitative estimate of drug-likeness (QED) is 0.827. The number of carbonyl (C=O) groups excluding carboxylic acids is 2. The van der Waals surface area contributed by atoms with Gasteiger partial charge in [0.05, 0.1) is 7.11 Å². The number of hydrogen-bond acceptors (Lipinski definition) is 3. The van der Waals surface area contributed by atoms with E-state index < -0.39 is 5.91 Å². The lowest BCUT2D eigenvalue weighted by atomic mass is 10.1. The first kappa shape index (κ1) is 16.8. The molecular weight excluding hydrogens is 316 g/mol. The zero-order valence-corrected chi connectivity index (χ0v) is 13.4. The Morgan fingerprint density at radius 2 is 1.74 bits per heavy atom. The molecule has 120 valence electrons. The molecule has 0 saturated carbocycles. The summed E-state index contributed by atoms with van der Waals surface area (Å²) < 4.78 is 5.02. The molecule has 0 aliphatic heterocycles. The molecule has 2 rings (SSSR count). The van der Waals surface area contributed by atoms with Gasteiger partial charge in [-0.3, -0.25) is 20.4 Å². The van der Waals surface area contributed by atoms with Gasteiger partial charge in [-0.1, -0.05) is 29.8 Å². The Bertz CT molecular complexity index is 686. The summed E-state index contributed by atoms with van der Waals surface area (Å²) >= 11 is 6.03. The van der Waals surface area contributed by atoms with Crippen molar-refractivity contribution >= 4 is 23.4 Å². The number of carbonyl (C=O) groups is 2. The summed E-state index contributed by atoms with van der Waals surface area (Å²) in [6.45, 7) is 0. The van der Waals surface area contributed by atoms with Gasteiger partial charge in [-0.2, -0.15) is 0 Å². The van der Waals surface area contributed by atoms with Crippen molar-refractivity contribution in [3.8, 4) is 5.75 Å². The van der Waals surface area contributed by atoms with Crippen LogP contribution in [0.1, 0.15) is 22.3 Å². The Balaban J connectivity index is 1.79. The summed E-state index contributed by atoms with van der Waals surface area (Å²) in [6.07, 6.45) is 0.733. The molecule has 5 nitrogen and oxygen atoms in total. The number of hydrogen-bond donors (Lipinski definition) is 2. The third-order valence-corrected chi connectivity index (χ3v) is 3.62. The summed E-state index contributed by atoms with van der Waals surface area (Å²) in [5, 5.41) is 0.627. The van der Waals surface area contributed by atoms with E-state index in [1.807, 2.05) is 18.2 Å². The lowest BCUT2D eigenvalue weighted by Gasteiger charge is -2.08. The van der Waals surface area contributed by atoms with Gasteiger partial charge in [0.15, 0.2) is 0 Å². The number of benzene rings is 2. The number of ether oxygens (including phenoxy) is 1. The van der Waals surface area contributed by atoms with Gasteiger partial charge in [0.2, 0.25) is 5.91 Å². The predicted octanol–water partition coefficient (Wildman–Crippen LogP) is 2.74. The molecule has 2 aromatic carbocycles. The van der Waals surface area contributed by atoms with Crippen molar-refractivity contribution in [3.05, 3.63) is 64.7 Å². The van der Waals surface area contributed by atoms with Crippen molar-refractivity contribution in [1.29, 1.82) is 0 Å². The number of halogens is 1. The summed E-state index contributed by atoms with van der Waals surface area (Å²) in [7, 11) is 1.55. The van der Waals surface area contributed by atoms with Crippen LogP contribution < -0.4 is 15.6 Å².